The van der Waals surface area contributed by atoms with E-state index in [-0.39, 0.29) is 12.5 Å². The Balaban J connectivity index is 2.73. The molecule has 6 nitrogen and oxygen atoms in total. The third-order valence-electron chi connectivity index (χ3n) is 1.67. The fourth-order valence-corrected chi connectivity index (χ4v) is 1.02. The van der Waals surface area contributed by atoms with Crippen LogP contribution < -0.4 is 10.1 Å². The fourth-order valence-electron chi connectivity index (χ4n) is 1.02. The van der Waals surface area contributed by atoms with Crippen LogP contribution in [0.5, 0.6) is 5.88 Å². The predicted octanol–water partition coefficient (Wildman–Crippen LogP) is 0.592. The highest BCUT2D eigenvalue weighted by Crippen LogP contribution is 2.19. The summed E-state index contributed by atoms with van der Waals surface area (Å²) in [5, 5.41) is 2.35. The summed E-state index contributed by atoms with van der Waals surface area (Å²) in [6.07, 6.45) is 1.51. The Morgan fingerprint density at radius 1 is 1.50 bits per heavy atom. The summed E-state index contributed by atoms with van der Waals surface area (Å²) in [6.45, 7) is 1.77. The van der Waals surface area contributed by atoms with E-state index >= 15 is 0 Å². The van der Waals surface area contributed by atoms with Gasteiger partial charge >= 0.3 is 11.9 Å². The van der Waals surface area contributed by atoms with Crippen LogP contribution >= 0.6 is 0 Å². The number of esters is 1. The van der Waals surface area contributed by atoms with Crippen LogP contribution in [0.3, 0.4) is 0 Å². The quantitative estimate of drug-likeness (QED) is 0.600. The van der Waals surface area contributed by atoms with E-state index in [0.717, 1.165) is 0 Å². The molecule has 0 aliphatic carbocycles. The van der Waals surface area contributed by atoms with Crippen molar-refractivity contribution in [1.29, 1.82) is 0 Å². The summed E-state index contributed by atoms with van der Waals surface area (Å²) in [7, 11) is 1.42. The first kappa shape index (κ1) is 12.0. The van der Waals surface area contributed by atoms with Gasteiger partial charge in [-0.3, -0.25) is 4.79 Å². The second-order valence-corrected chi connectivity index (χ2v) is 2.73. The van der Waals surface area contributed by atoms with E-state index in [4.69, 9.17) is 4.74 Å². The monoisotopic (exact) mass is 224 g/mol. The maximum Gasteiger partial charge on any atom is 0.397 e. The zero-order valence-corrected chi connectivity index (χ0v) is 9.02. The second-order valence-electron chi connectivity index (χ2n) is 2.73. The molecule has 1 aromatic rings. The number of carbonyl (C=O) groups is 2. The number of carbonyl (C=O) groups excluding carboxylic acids is 2. The number of hydrogen-bond acceptors (Lipinski definition) is 5. The summed E-state index contributed by atoms with van der Waals surface area (Å²) < 4.78 is 9.45. The van der Waals surface area contributed by atoms with Crippen molar-refractivity contribution in [2.45, 2.75) is 6.92 Å². The van der Waals surface area contributed by atoms with Gasteiger partial charge in [-0.25, -0.2) is 9.78 Å². The van der Waals surface area contributed by atoms with Crippen LogP contribution in [0.1, 0.15) is 6.92 Å². The Hall–Kier alpha value is -2.11. The van der Waals surface area contributed by atoms with Crippen molar-refractivity contribution in [3.63, 3.8) is 0 Å². The summed E-state index contributed by atoms with van der Waals surface area (Å²) in [4.78, 5) is 26.2. The van der Waals surface area contributed by atoms with E-state index in [0.29, 0.717) is 5.69 Å². The first-order valence-corrected chi connectivity index (χ1v) is 4.66. The maximum absolute atomic E-state index is 11.3. The van der Waals surface area contributed by atoms with Crippen molar-refractivity contribution in [1.82, 2.24) is 4.98 Å². The smallest absolute Gasteiger partial charge is 0.397 e. The molecular weight excluding hydrogens is 212 g/mol. The Morgan fingerprint density at radius 2 is 2.25 bits per heavy atom. The van der Waals surface area contributed by atoms with Crippen LogP contribution in [0.15, 0.2) is 18.3 Å². The van der Waals surface area contributed by atoms with Crippen LogP contribution in [0, 0.1) is 0 Å². The minimum absolute atomic E-state index is 0.149. The minimum Gasteiger partial charge on any atom is -0.480 e. The number of rotatable bonds is 3. The lowest BCUT2D eigenvalue weighted by Crippen LogP contribution is -2.25. The van der Waals surface area contributed by atoms with Crippen molar-refractivity contribution < 1.29 is 19.1 Å². The highest BCUT2D eigenvalue weighted by molar-refractivity contribution is 6.37. The van der Waals surface area contributed by atoms with Crippen molar-refractivity contribution in [3.05, 3.63) is 18.3 Å². The van der Waals surface area contributed by atoms with E-state index < -0.39 is 11.9 Å². The van der Waals surface area contributed by atoms with Gasteiger partial charge in [0.2, 0.25) is 5.88 Å². The second kappa shape index (κ2) is 5.69. The largest absolute Gasteiger partial charge is 0.480 e. The SMILES string of the molecule is CCOC(=O)C(=O)Nc1cccnc1OC. The van der Waals surface area contributed by atoms with E-state index in [2.05, 4.69) is 15.0 Å². The first-order valence-electron chi connectivity index (χ1n) is 4.66. The van der Waals surface area contributed by atoms with Crippen molar-refractivity contribution in [3.8, 4) is 5.88 Å². The van der Waals surface area contributed by atoms with Crippen molar-refractivity contribution >= 4 is 17.6 Å². The van der Waals surface area contributed by atoms with E-state index in [1.54, 1.807) is 19.1 Å². The van der Waals surface area contributed by atoms with Crippen LogP contribution in [-0.2, 0) is 14.3 Å². The Bertz CT molecular complexity index is 392. The summed E-state index contributed by atoms with van der Waals surface area (Å²) in [5.74, 6) is -1.55. The normalized spacial score (nSPS) is 9.38. The van der Waals surface area contributed by atoms with Gasteiger partial charge in [0.05, 0.1) is 13.7 Å². The lowest BCUT2D eigenvalue weighted by atomic mass is 10.4. The molecule has 1 heterocycles. The van der Waals surface area contributed by atoms with Gasteiger partial charge in [-0.05, 0) is 19.1 Å². The average Bonchev–Trinajstić information content (AvgIpc) is 2.30. The van der Waals surface area contributed by atoms with Crippen LogP contribution in [-0.4, -0.2) is 30.6 Å². The molecule has 0 aromatic carbocycles. The molecule has 16 heavy (non-hydrogen) atoms. The molecule has 0 radical (unpaired) electrons. The molecule has 6 heteroatoms. The van der Waals surface area contributed by atoms with Crippen molar-refractivity contribution in [2.75, 3.05) is 19.0 Å². The van der Waals surface area contributed by atoms with E-state index in [1.165, 1.54) is 13.3 Å². The molecule has 0 saturated heterocycles. The van der Waals surface area contributed by atoms with Crippen LogP contribution in [0.25, 0.3) is 0 Å². The summed E-state index contributed by atoms with van der Waals surface area (Å²) >= 11 is 0. The topological polar surface area (TPSA) is 77.5 Å². The number of methoxy groups -OCH3 is 1. The average molecular weight is 224 g/mol. The van der Waals surface area contributed by atoms with Gasteiger partial charge in [-0.15, -0.1) is 0 Å². The molecule has 1 N–H and O–H groups in total. The first-order chi connectivity index (χ1) is 7.69. The zero-order chi connectivity index (χ0) is 12.0. The van der Waals surface area contributed by atoms with Gasteiger partial charge in [0.15, 0.2) is 0 Å². The Morgan fingerprint density at radius 3 is 2.88 bits per heavy atom. The maximum atomic E-state index is 11.3. The standard InChI is InChI=1S/C10H12N2O4/c1-3-16-10(14)8(13)12-7-5-4-6-11-9(7)15-2/h4-6H,3H2,1-2H3,(H,12,13). The molecule has 0 bridgehead atoms. The number of hydrogen-bond donors (Lipinski definition) is 1. The highest BCUT2D eigenvalue weighted by atomic mass is 16.5. The molecule has 0 saturated carbocycles. The van der Waals surface area contributed by atoms with Crippen molar-refractivity contribution in [2.24, 2.45) is 0 Å². The third-order valence-corrected chi connectivity index (χ3v) is 1.67. The lowest BCUT2D eigenvalue weighted by Gasteiger charge is -2.07. The van der Waals surface area contributed by atoms with Crippen LogP contribution in [0.4, 0.5) is 5.69 Å². The number of aromatic nitrogens is 1. The summed E-state index contributed by atoms with van der Waals surface area (Å²) in [6, 6.07) is 3.19. The highest BCUT2D eigenvalue weighted by Gasteiger charge is 2.16. The molecule has 1 aromatic heterocycles. The Labute approximate surface area is 92.6 Å². The van der Waals surface area contributed by atoms with Gasteiger partial charge in [0, 0.05) is 6.20 Å². The minimum atomic E-state index is -0.937. The molecule has 0 spiro atoms. The molecule has 0 fully saturated rings. The van der Waals surface area contributed by atoms with Gasteiger partial charge < -0.3 is 14.8 Å². The summed E-state index contributed by atoms with van der Waals surface area (Å²) in [5.41, 5.74) is 0.322. The number of anilines is 1. The number of ether oxygens (including phenoxy) is 2. The van der Waals surface area contributed by atoms with Gasteiger partial charge in [-0.1, -0.05) is 0 Å². The fraction of sp³-hybridized carbons (Fsp3) is 0.300. The molecule has 1 amide bonds. The van der Waals surface area contributed by atoms with Gasteiger partial charge in [-0.2, -0.15) is 0 Å². The third kappa shape index (κ3) is 2.94. The molecular formula is C10H12N2O4. The molecule has 0 aliphatic heterocycles. The molecule has 0 atom stereocenters. The van der Waals surface area contributed by atoms with Crippen LogP contribution in [0.2, 0.25) is 0 Å². The Kier molecular flexibility index (Phi) is 4.26. The molecule has 1 rings (SSSR count). The van der Waals surface area contributed by atoms with Gasteiger partial charge in [0.25, 0.3) is 0 Å². The number of nitrogens with zero attached hydrogens (tertiary/aromatic N) is 1. The lowest BCUT2D eigenvalue weighted by molar-refractivity contribution is -0.152. The zero-order valence-electron chi connectivity index (χ0n) is 9.02. The number of pyridine rings is 1. The number of nitrogens with one attached hydrogen (secondary N) is 1. The number of amides is 1. The molecule has 0 unspecified atom stereocenters. The van der Waals surface area contributed by atoms with E-state index in [1.807, 2.05) is 0 Å². The van der Waals surface area contributed by atoms with E-state index in [9.17, 15) is 9.59 Å². The van der Waals surface area contributed by atoms with Gasteiger partial charge in [0.1, 0.15) is 5.69 Å². The predicted molar refractivity (Wildman–Crippen MR) is 56.1 cm³/mol. The molecule has 86 valence electrons. The molecule has 0 aliphatic rings.